The number of aromatic nitrogens is 3. The molecule has 6 aromatic carbocycles. The topological polar surface area (TPSA) is 38.7 Å². The van der Waals surface area contributed by atoms with Gasteiger partial charge in [-0.2, -0.15) is 0 Å². The van der Waals surface area contributed by atoms with Crippen LogP contribution in [0.15, 0.2) is 140 Å². The molecular weight excluding hydrogens is 546 g/mol. The molecule has 0 fully saturated rings. The summed E-state index contributed by atoms with van der Waals surface area (Å²) in [7, 11) is 0. The third kappa shape index (κ3) is 3.80. The van der Waals surface area contributed by atoms with Crippen molar-refractivity contribution in [1.29, 1.82) is 0 Å². The summed E-state index contributed by atoms with van der Waals surface area (Å²) in [5, 5.41) is 6.02. The number of nitrogens with zero attached hydrogens (tertiary/aromatic N) is 3. The molecule has 45 heavy (non-hydrogen) atoms. The van der Waals surface area contributed by atoms with E-state index in [1.807, 2.05) is 6.07 Å². The Bertz CT molecular complexity index is 2440. The van der Waals surface area contributed by atoms with Crippen LogP contribution in [0.5, 0.6) is 0 Å². The summed E-state index contributed by atoms with van der Waals surface area (Å²) in [6.45, 7) is 4.69. The van der Waals surface area contributed by atoms with Crippen LogP contribution in [0.1, 0.15) is 25.0 Å². The van der Waals surface area contributed by atoms with Crippen LogP contribution in [-0.4, -0.2) is 15.0 Å². The first kappa shape index (κ1) is 25.8. The van der Waals surface area contributed by atoms with Gasteiger partial charge in [0.05, 0.1) is 11.2 Å². The molecule has 0 saturated heterocycles. The molecule has 0 amide bonds. The summed E-state index contributed by atoms with van der Waals surface area (Å²) in [4.78, 5) is 14.4. The van der Waals surface area contributed by atoms with Gasteiger partial charge in [-0.05, 0) is 73.1 Å². The third-order valence-electron chi connectivity index (χ3n) is 9.57. The highest BCUT2D eigenvalue weighted by atomic mass is 14.9. The molecule has 0 bridgehead atoms. The van der Waals surface area contributed by atoms with E-state index >= 15 is 0 Å². The van der Waals surface area contributed by atoms with Gasteiger partial charge >= 0.3 is 0 Å². The van der Waals surface area contributed by atoms with Crippen LogP contribution < -0.4 is 0 Å². The Balaban J connectivity index is 1.28. The molecule has 0 atom stereocenters. The quantitative estimate of drug-likeness (QED) is 0.197. The summed E-state index contributed by atoms with van der Waals surface area (Å²) in [6, 6.07) is 45.7. The van der Waals surface area contributed by atoms with Gasteiger partial charge in [-0.3, -0.25) is 0 Å². The molecule has 0 unspecified atom stereocenters. The zero-order valence-corrected chi connectivity index (χ0v) is 25.1. The number of hydrogen-bond acceptors (Lipinski definition) is 3. The van der Waals surface area contributed by atoms with Crippen molar-refractivity contribution in [2.24, 2.45) is 0 Å². The standard InChI is InChI=1S/C42H29N3/c1-42(2)35-15-8-7-14-34(35)40-39(42)37(38-30-11-4-3-10-26(30)20-23-36(38)45-40)28-18-16-27(17-19-28)29-21-22-33(41-43-24-9-25-44-41)32-13-6-5-12-31(29)32/h3-25H,1-2H3. The number of benzene rings is 6. The number of fused-ring (bicyclic) bond motifs is 7. The normalized spacial score (nSPS) is 13.3. The maximum Gasteiger partial charge on any atom is 0.159 e. The second-order valence-corrected chi connectivity index (χ2v) is 12.4. The van der Waals surface area contributed by atoms with E-state index in [2.05, 4.69) is 145 Å². The van der Waals surface area contributed by atoms with Crippen LogP contribution in [0, 0.1) is 0 Å². The van der Waals surface area contributed by atoms with E-state index < -0.39 is 0 Å². The second-order valence-electron chi connectivity index (χ2n) is 12.4. The Morgan fingerprint density at radius 1 is 0.511 bits per heavy atom. The molecular formula is C42H29N3. The molecule has 0 saturated carbocycles. The predicted octanol–water partition coefficient (Wildman–Crippen LogP) is 10.6. The largest absolute Gasteiger partial charge is 0.247 e. The van der Waals surface area contributed by atoms with Gasteiger partial charge in [0, 0.05) is 34.3 Å². The molecule has 3 heteroatoms. The average Bonchev–Trinajstić information content (AvgIpc) is 3.33. The SMILES string of the molecule is CC1(C)c2ccccc2-c2nc3ccc4ccccc4c3c(-c3ccc(-c4ccc(-c5ncccn5)c5ccccc45)cc3)c21. The zero-order valence-electron chi connectivity index (χ0n) is 25.1. The van der Waals surface area contributed by atoms with Gasteiger partial charge < -0.3 is 0 Å². The Morgan fingerprint density at radius 2 is 1.16 bits per heavy atom. The lowest BCUT2D eigenvalue weighted by Gasteiger charge is -2.25. The fourth-order valence-electron chi connectivity index (χ4n) is 7.50. The van der Waals surface area contributed by atoms with Crippen molar-refractivity contribution in [1.82, 2.24) is 15.0 Å². The predicted molar refractivity (Wildman–Crippen MR) is 186 cm³/mol. The van der Waals surface area contributed by atoms with Gasteiger partial charge in [-0.25, -0.2) is 15.0 Å². The number of pyridine rings is 1. The van der Waals surface area contributed by atoms with E-state index in [9.17, 15) is 0 Å². The summed E-state index contributed by atoms with van der Waals surface area (Å²) in [5.74, 6) is 0.741. The molecule has 8 aromatic rings. The number of hydrogen-bond donors (Lipinski definition) is 0. The van der Waals surface area contributed by atoms with Crippen molar-refractivity contribution in [3.63, 3.8) is 0 Å². The first-order valence-electron chi connectivity index (χ1n) is 15.5. The zero-order chi connectivity index (χ0) is 30.1. The van der Waals surface area contributed by atoms with Crippen molar-refractivity contribution in [3.05, 3.63) is 151 Å². The van der Waals surface area contributed by atoms with E-state index in [0.717, 1.165) is 28.0 Å². The monoisotopic (exact) mass is 575 g/mol. The summed E-state index contributed by atoms with van der Waals surface area (Å²) >= 11 is 0. The smallest absolute Gasteiger partial charge is 0.159 e. The van der Waals surface area contributed by atoms with Crippen molar-refractivity contribution >= 4 is 32.4 Å². The molecule has 212 valence electrons. The fraction of sp³-hybridized carbons (Fsp3) is 0.0714. The highest BCUT2D eigenvalue weighted by Gasteiger charge is 2.39. The molecule has 1 aliphatic carbocycles. The van der Waals surface area contributed by atoms with Gasteiger partial charge in [0.2, 0.25) is 0 Å². The van der Waals surface area contributed by atoms with E-state index in [1.54, 1.807) is 12.4 Å². The molecule has 2 aromatic heterocycles. The molecule has 0 N–H and O–H groups in total. The van der Waals surface area contributed by atoms with Crippen molar-refractivity contribution in [2.45, 2.75) is 19.3 Å². The van der Waals surface area contributed by atoms with Crippen molar-refractivity contribution in [2.75, 3.05) is 0 Å². The van der Waals surface area contributed by atoms with Gasteiger partial charge in [0.25, 0.3) is 0 Å². The summed E-state index contributed by atoms with van der Waals surface area (Å²) < 4.78 is 0. The van der Waals surface area contributed by atoms with Gasteiger partial charge in [0.1, 0.15) is 0 Å². The molecule has 9 rings (SSSR count). The van der Waals surface area contributed by atoms with Crippen LogP contribution in [0.4, 0.5) is 0 Å². The minimum atomic E-state index is -0.191. The third-order valence-corrected chi connectivity index (χ3v) is 9.57. The molecule has 2 heterocycles. The van der Waals surface area contributed by atoms with Gasteiger partial charge in [-0.1, -0.05) is 123 Å². The fourth-order valence-corrected chi connectivity index (χ4v) is 7.50. The summed E-state index contributed by atoms with van der Waals surface area (Å²) in [6.07, 6.45) is 3.60. The lowest BCUT2D eigenvalue weighted by molar-refractivity contribution is 0.662. The average molecular weight is 576 g/mol. The van der Waals surface area contributed by atoms with Crippen LogP contribution in [-0.2, 0) is 5.41 Å². The molecule has 0 radical (unpaired) electrons. The minimum Gasteiger partial charge on any atom is -0.247 e. The van der Waals surface area contributed by atoms with E-state index in [-0.39, 0.29) is 5.41 Å². The van der Waals surface area contributed by atoms with E-state index in [1.165, 1.54) is 60.5 Å². The second kappa shape index (κ2) is 9.67. The Labute approximate surface area is 261 Å². The Hall–Kier alpha value is -5.67. The van der Waals surface area contributed by atoms with Gasteiger partial charge in [-0.15, -0.1) is 0 Å². The first-order valence-corrected chi connectivity index (χ1v) is 15.5. The molecule has 1 aliphatic rings. The molecule has 0 spiro atoms. The van der Waals surface area contributed by atoms with Crippen molar-refractivity contribution in [3.8, 4) is 44.9 Å². The Morgan fingerprint density at radius 3 is 1.96 bits per heavy atom. The molecule has 0 aliphatic heterocycles. The van der Waals surface area contributed by atoms with E-state index in [0.29, 0.717) is 0 Å². The highest BCUT2D eigenvalue weighted by Crippen LogP contribution is 2.54. The first-order chi connectivity index (χ1) is 22.1. The van der Waals surface area contributed by atoms with E-state index in [4.69, 9.17) is 4.98 Å². The maximum absolute atomic E-state index is 5.35. The van der Waals surface area contributed by atoms with Crippen LogP contribution in [0.3, 0.4) is 0 Å². The molecule has 3 nitrogen and oxygen atoms in total. The maximum atomic E-state index is 5.35. The number of rotatable bonds is 3. The van der Waals surface area contributed by atoms with Crippen LogP contribution in [0.2, 0.25) is 0 Å². The van der Waals surface area contributed by atoms with Crippen molar-refractivity contribution < 1.29 is 0 Å². The van der Waals surface area contributed by atoms with Gasteiger partial charge in [0.15, 0.2) is 5.82 Å². The van der Waals surface area contributed by atoms with Crippen LogP contribution >= 0.6 is 0 Å². The highest BCUT2D eigenvalue weighted by molar-refractivity contribution is 6.16. The summed E-state index contributed by atoms with van der Waals surface area (Å²) in [5.41, 5.74) is 11.7. The lowest BCUT2D eigenvalue weighted by Crippen LogP contribution is -2.16. The minimum absolute atomic E-state index is 0.191. The lowest BCUT2D eigenvalue weighted by atomic mass is 9.78. The van der Waals surface area contributed by atoms with Crippen LogP contribution in [0.25, 0.3) is 77.3 Å². The Kier molecular flexibility index (Phi) is 5.54.